The van der Waals surface area contributed by atoms with Gasteiger partial charge in [0.2, 0.25) is 11.6 Å². The number of ether oxygens (including phenoxy) is 1. The third kappa shape index (κ3) is 4.25. The van der Waals surface area contributed by atoms with Gasteiger partial charge in [0.05, 0.1) is 0 Å². The van der Waals surface area contributed by atoms with Crippen LogP contribution in [0.2, 0.25) is 0 Å². The summed E-state index contributed by atoms with van der Waals surface area (Å²) in [4.78, 5) is 37.5. The lowest BCUT2D eigenvalue weighted by Gasteiger charge is -2.02. The first-order valence-electron chi connectivity index (χ1n) is 5.84. The summed E-state index contributed by atoms with van der Waals surface area (Å²) < 4.78 is 6.20. The van der Waals surface area contributed by atoms with E-state index in [2.05, 4.69) is 32.8 Å². The Kier molecular flexibility index (Phi) is 5.04. The van der Waals surface area contributed by atoms with Gasteiger partial charge in [-0.3, -0.25) is 19.6 Å². The number of aromatic nitrogens is 2. The summed E-state index contributed by atoms with van der Waals surface area (Å²) >= 11 is 2.13. The van der Waals surface area contributed by atoms with Crippen LogP contribution in [0.5, 0.6) is 11.6 Å². The Bertz CT molecular complexity index is 825. The van der Waals surface area contributed by atoms with Gasteiger partial charge in [-0.25, -0.2) is 4.79 Å². The topological polar surface area (TPSA) is 137 Å². The lowest BCUT2D eigenvalue weighted by molar-refractivity contribution is -0.120. The summed E-state index contributed by atoms with van der Waals surface area (Å²) in [5.41, 5.74) is -2.42. The minimum atomic E-state index is -0.962. The number of aromatic hydroxyl groups is 1. The molecule has 0 radical (unpaired) electrons. The fraction of sp³-hybridized carbons (Fsp3) is 0.0833. The largest absolute Gasteiger partial charge is 0.493 e. The fourth-order valence-corrected chi connectivity index (χ4v) is 1.73. The molecule has 0 unspecified atom stereocenters. The average molecular weight is 416 g/mol. The lowest BCUT2D eigenvalue weighted by atomic mass is 10.3. The Morgan fingerprint density at radius 2 is 1.91 bits per heavy atom. The Labute approximate surface area is 136 Å². The maximum absolute atomic E-state index is 11.5. The highest BCUT2D eigenvalue weighted by atomic mass is 127. The van der Waals surface area contributed by atoms with Crippen molar-refractivity contribution < 1.29 is 14.6 Å². The molecule has 3 N–H and O–H groups in total. The number of hydrogen-bond donors (Lipinski definition) is 3. The second-order valence-corrected chi connectivity index (χ2v) is 5.19. The molecule has 0 aliphatic heterocycles. The number of nitrogens with one attached hydrogen (secondary N) is 2. The van der Waals surface area contributed by atoms with Gasteiger partial charge in [0.15, 0.2) is 6.61 Å². The highest BCUT2D eigenvalue weighted by Crippen LogP contribution is 2.16. The molecule has 0 aliphatic carbocycles. The van der Waals surface area contributed by atoms with Crippen molar-refractivity contribution in [3.05, 3.63) is 48.7 Å². The van der Waals surface area contributed by atoms with Gasteiger partial charge in [-0.05, 0) is 46.9 Å². The molecule has 0 spiro atoms. The quantitative estimate of drug-likeness (QED) is 0.506. The van der Waals surface area contributed by atoms with Gasteiger partial charge < -0.3 is 9.84 Å². The van der Waals surface area contributed by atoms with E-state index in [1.54, 1.807) is 24.3 Å². The van der Waals surface area contributed by atoms with Crippen molar-refractivity contribution in [2.24, 2.45) is 10.2 Å². The minimum Gasteiger partial charge on any atom is -0.493 e. The molecule has 0 aliphatic rings. The van der Waals surface area contributed by atoms with Gasteiger partial charge in [-0.2, -0.15) is 0 Å². The molecule has 1 aromatic carbocycles. The summed E-state index contributed by atoms with van der Waals surface area (Å²) in [6.45, 7) is -0.383. The Morgan fingerprint density at radius 3 is 2.55 bits per heavy atom. The number of aromatic amines is 2. The third-order valence-electron chi connectivity index (χ3n) is 2.34. The Balaban J connectivity index is 2.01. The van der Waals surface area contributed by atoms with E-state index in [-0.39, 0.29) is 6.61 Å². The van der Waals surface area contributed by atoms with Crippen molar-refractivity contribution in [1.29, 1.82) is 0 Å². The second kappa shape index (κ2) is 6.98. The van der Waals surface area contributed by atoms with Crippen molar-refractivity contribution in [2.75, 3.05) is 6.61 Å². The molecule has 9 nitrogen and oxygen atoms in total. The number of carbonyl (C=O) groups is 1. The summed E-state index contributed by atoms with van der Waals surface area (Å²) in [5.74, 6) is -1.05. The van der Waals surface area contributed by atoms with Crippen LogP contribution in [0.25, 0.3) is 0 Å². The normalized spacial score (nSPS) is 10.8. The number of rotatable bonds is 4. The number of nitrogens with zero attached hydrogens (tertiary/aromatic N) is 2. The first-order chi connectivity index (χ1) is 10.5. The van der Waals surface area contributed by atoms with Gasteiger partial charge in [-0.15, -0.1) is 10.2 Å². The van der Waals surface area contributed by atoms with Gasteiger partial charge >= 0.3 is 11.6 Å². The standard InChI is InChI=1S/C12H9IN4O5/c13-6-1-3-7(4-2-6)22-5-8(18)16-17-9-10(19)14-12(21)15-11(9)20/h1-4H,5H2,(H3,14,15,19,20,21). The number of carbonyl (C=O) groups excluding carboxylic acids is 1. The molecule has 2 rings (SSSR count). The average Bonchev–Trinajstić information content (AvgIpc) is 2.45. The predicted octanol–water partition coefficient (Wildman–Crippen LogP) is 1.06. The molecule has 0 saturated carbocycles. The molecule has 0 saturated heterocycles. The minimum absolute atomic E-state index is 0.383. The highest BCUT2D eigenvalue weighted by molar-refractivity contribution is 14.1. The van der Waals surface area contributed by atoms with Crippen molar-refractivity contribution in [3.63, 3.8) is 0 Å². The predicted molar refractivity (Wildman–Crippen MR) is 83.5 cm³/mol. The van der Waals surface area contributed by atoms with E-state index in [1.165, 1.54) is 0 Å². The van der Waals surface area contributed by atoms with Crippen molar-refractivity contribution in [2.45, 2.75) is 0 Å². The molecular weight excluding hydrogens is 407 g/mol. The number of hydrogen-bond acceptors (Lipinski definition) is 6. The van der Waals surface area contributed by atoms with E-state index >= 15 is 0 Å². The maximum atomic E-state index is 11.5. The van der Waals surface area contributed by atoms with Crippen LogP contribution in [0.4, 0.5) is 5.69 Å². The number of azo groups is 1. The highest BCUT2D eigenvalue weighted by Gasteiger charge is 2.08. The lowest BCUT2D eigenvalue weighted by Crippen LogP contribution is -2.21. The zero-order chi connectivity index (χ0) is 16.1. The Morgan fingerprint density at radius 1 is 1.23 bits per heavy atom. The summed E-state index contributed by atoms with van der Waals surface area (Å²) in [6.07, 6.45) is 0. The molecule has 22 heavy (non-hydrogen) atoms. The molecule has 1 aromatic heterocycles. The summed E-state index contributed by atoms with van der Waals surface area (Å²) in [7, 11) is 0. The van der Waals surface area contributed by atoms with Crippen LogP contribution in [-0.4, -0.2) is 27.6 Å². The molecule has 1 heterocycles. The van der Waals surface area contributed by atoms with E-state index in [4.69, 9.17) is 4.74 Å². The van der Waals surface area contributed by atoms with Crippen molar-refractivity contribution in [1.82, 2.24) is 9.97 Å². The van der Waals surface area contributed by atoms with Gasteiger partial charge in [0.1, 0.15) is 5.75 Å². The van der Waals surface area contributed by atoms with E-state index in [0.29, 0.717) is 5.75 Å². The molecule has 1 amide bonds. The first kappa shape index (κ1) is 15.9. The molecule has 114 valence electrons. The Hall–Kier alpha value is -2.50. The van der Waals surface area contributed by atoms with Crippen molar-refractivity contribution in [3.8, 4) is 11.6 Å². The van der Waals surface area contributed by atoms with Gasteiger partial charge in [0.25, 0.3) is 5.56 Å². The summed E-state index contributed by atoms with van der Waals surface area (Å²) in [6, 6.07) is 6.98. The number of H-pyrrole nitrogens is 2. The zero-order valence-corrected chi connectivity index (χ0v) is 13.0. The van der Waals surface area contributed by atoms with Crippen molar-refractivity contribution >= 4 is 34.2 Å². The van der Waals surface area contributed by atoms with Gasteiger partial charge in [-0.1, -0.05) is 0 Å². The number of amides is 1. The van der Waals surface area contributed by atoms with Crippen LogP contribution in [0, 0.1) is 3.57 Å². The van der Waals surface area contributed by atoms with Crippen LogP contribution in [0.1, 0.15) is 0 Å². The molecule has 10 heteroatoms. The zero-order valence-electron chi connectivity index (χ0n) is 10.9. The van der Waals surface area contributed by atoms with Crippen LogP contribution in [0.3, 0.4) is 0 Å². The van der Waals surface area contributed by atoms with Gasteiger partial charge in [0, 0.05) is 3.57 Å². The van der Waals surface area contributed by atoms with Crippen LogP contribution in [0.15, 0.2) is 44.1 Å². The van der Waals surface area contributed by atoms with E-state index in [1.807, 2.05) is 9.97 Å². The number of benzene rings is 1. The van der Waals surface area contributed by atoms with E-state index in [0.717, 1.165) is 3.57 Å². The van der Waals surface area contributed by atoms with Crippen LogP contribution < -0.4 is 16.0 Å². The van der Waals surface area contributed by atoms with Crippen LogP contribution in [-0.2, 0) is 4.79 Å². The number of halogens is 1. The van der Waals surface area contributed by atoms with E-state index < -0.39 is 28.7 Å². The van der Waals surface area contributed by atoms with Crippen LogP contribution >= 0.6 is 22.6 Å². The summed E-state index contributed by atoms with van der Waals surface area (Å²) in [5, 5.41) is 15.9. The monoisotopic (exact) mass is 416 g/mol. The molecule has 0 fully saturated rings. The second-order valence-electron chi connectivity index (χ2n) is 3.94. The first-order valence-corrected chi connectivity index (χ1v) is 6.92. The molecule has 2 aromatic rings. The molecule has 0 bridgehead atoms. The fourth-order valence-electron chi connectivity index (χ4n) is 1.37. The molecule has 0 atom stereocenters. The SMILES string of the molecule is O=C(COc1ccc(I)cc1)N=Nc1c(O)[nH]c(=O)[nH]c1=O. The smallest absolute Gasteiger partial charge is 0.328 e. The maximum Gasteiger partial charge on any atom is 0.328 e. The van der Waals surface area contributed by atoms with E-state index in [9.17, 15) is 19.5 Å². The third-order valence-corrected chi connectivity index (χ3v) is 3.06. The molecular formula is C12H9IN4O5.